The molecule has 0 aliphatic carbocycles. The van der Waals surface area contributed by atoms with E-state index in [2.05, 4.69) is 15.8 Å². The number of esters is 1. The van der Waals surface area contributed by atoms with Gasteiger partial charge in [-0.2, -0.15) is 0 Å². The van der Waals surface area contributed by atoms with Gasteiger partial charge in [-0.3, -0.25) is 14.4 Å². The third-order valence-corrected chi connectivity index (χ3v) is 3.45. The van der Waals surface area contributed by atoms with Gasteiger partial charge >= 0.3 is 5.97 Å². The lowest BCUT2D eigenvalue weighted by atomic mass is 10.2. The first-order valence-electron chi connectivity index (χ1n) is 8.07. The first-order chi connectivity index (χ1) is 12.0. The lowest BCUT2D eigenvalue weighted by Crippen LogP contribution is -2.46. The number of hydrogen-bond acceptors (Lipinski definition) is 6. The molecule has 2 aromatic rings. The Morgan fingerprint density at radius 2 is 2.04 bits per heavy atom. The van der Waals surface area contributed by atoms with Crippen molar-refractivity contribution < 1.29 is 23.6 Å². The number of carbonyl (C=O) groups is 3. The first kappa shape index (κ1) is 18.4. The fourth-order valence-electron chi connectivity index (χ4n) is 2.15. The van der Waals surface area contributed by atoms with Gasteiger partial charge in [-0.1, -0.05) is 24.2 Å². The van der Waals surface area contributed by atoms with Crippen molar-refractivity contribution in [3.63, 3.8) is 0 Å². The highest BCUT2D eigenvalue weighted by Crippen LogP contribution is 2.18. The van der Waals surface area contributed by atoms with E-state index in [4.69, 9.17) is 9.26 Å². The molecule has 1 heterocycles. The fraction of sp³-hybridized carbons (Fsp3) is 0.412. The first-order valence-corrected chi connectivity index (χ1v) is 8.07. The van der Waals surface area contributed by atoms with Gasteiger partial charge in [-0.15, -0.1) is 0 Å². The third kappa shape index (κ3) is 5.30. The van der Waals surface area contributed by atoms with E-state index in [1.807, 2.05) is 13.0 Å². The Bertz CT molecular complexity index is 756. The average Bonchev–Trinajstić information content (AvgIpc) is 3.01. The standard InChI is InChI=1S/C17H21N3O5/c1-3-8-18-17(23)11(2)19-15(21)10-24-16(22)9-13-12-6-4-5-7-14(12)25-20-13/h4-7,11H,3,8-10H2,1-2H3,(H,18,23)(H,19,21)/t11-/m1/s1. The Balaban J connectivity index is 1.77. The number of fused-ring (bicyclic) bond motifs is 1. The topological polar surface area (TPSA) is 111 Å². The van der Waals surface area contributed by atoms with Crippen molar-refractivity contribution in [2.24, 2.45) is 0 Å². The van der Waals surface area contributed by atoms with Gasteiger partial charge in [0.1, 0.15) is 11.7 Å². The largest absolute Gasteiger partial charge is 0.455 e. The van der Waals surface area contributed by atoms with Gasteiger partial charge in [0.15, 0.2) is 12.2 Å². The average molecular weight is 347 g/mol. The molecule has 1 aromatic heterocycles. The van der Waals surface area contributed by atoms with E-state index in [0.29, 0.717) is 17.8 Å². The lowest BCUT2D eigenvalue weighted by Gasteiger charge is -2.13. The van der Waals surface area contributed by atoms with Crippen LogP contribution >= 0.6 is 0 Å². The van der Waals surface area contributed by atoms with Gasteiger partial charge in [0.2, 0.25) is 5.91 Å². The molecule has 0 saturated heterocycles. The molecule has 8 nitrogen and oxygen atoms in total. The Kier molecular flexibility index (Phi) is 6.50. The Morgan fingerprint density at radius 3 is 2.80 bits per heavy atom. The Morgan fingerprint density at radius 1 is 1.28 bits per heavy atom. The molecule has 134 valence electrons. The SMILES string of the molecule is CCCNC(=O)[C@@H](C)NC(=O)COC(=O)Cc1noc2ccccc12. The molecule has 2 amide bonds. The maximum absolute atomic E-state index is 11.9. The second-order valence-electron chi connectivity index (χ2n) is 5.54. The number of para-hydroxylation sites is 1. The molecule has 2 N–H and O–H groups in total. The number of aromatic nitrogens is 1. The predicted octanol–water partition coefficient (Wildman–Crippen LogP) is 0.944. The van der Waals surface area contributed by atoms with E-state index in [1.165, 1.54) is 0 Å². The molecular formula is C17H21N3O5. The molecule has 1 atom stereocenters. The molecule has 8 heteroatoms. The zero-order valence-electron chi connectivity index (χ0n) is 14.2. The lowest BCUT2D eigenvalue weighted by molar-refractivity contribution is -0.148. The second kappa shape index (κ2) is 8.81. The molecule has 1 aromatic carbocycles. The summed E-state index contributed by atoms with van der Waals surface area (Å²) in [5.74, 6) is -1.43. The number of benzene rings is 1. The summed E-state index contributed by atoms with van der Waals surface area (Å²) >= 11 is 0. The Labute approximate surface area is 144 Å². The zero-order valence-corrected chi connectivity index (χ0v) is 14.2. The van der Waals surface area contributed by atoms with Crippen LogP contribution in [0.5, 0.6) is 0 Å². The van der Waals surface area contributed by atoms with Gasteiger partial charge < -0.3 is 19.9 Å². The number of rotatable bonds is 8. The van der Waals surface area contributed by atoms with Crippen LogP contribution in [-0.4, -0.2) is 42.1 Å². The van der Waals surface area contributed by atoms with Gasteiger partial charge in [-0.25, -0.2) is 0 Å². The molecular weight excluding hydrogens is 326 g/mol. The number of nitrogens with one attached hydrogen (secondary N) is 2. The third-order valence-electron chi connectivity index (χ3n) is 3.45. The second-order valence-corrected chi connectivity index (χ2v) is 5.54. The highest BCUT2D eigenvalue weighted by atomic mass is 16.5. The van der Waals surface area contributed by atoms with Crippen molar-refractivity contribution in [1.29, 1.82) is 0 Å². The highest BCUT2D eigenvalue weighted by molar-refractivity contribution is 5.89. The minimum atomic E-state index is -0.697. The van der Waals surface area contributed by atoms with Crippen LogP contribution in [0.4, 0.5) is 0 Å². The van der Waals surface area contributed by atoms with Crippen molar-refractivity contribution in [3.05, 3.63) is 30.0 Å². The summed E-state index contributed by atoms with van der Waals surface area (Å²) in [6.45, 7) is 3.58. The molecule has 0 bridgehead atoms. The quantitative estimate of drug-likeness (QED) is 0.688. The molecule has 0 aliphatic rings. The maximum atomic E-state index is 11.9. The van der Waals surface area contributed by atoms with E-state index in [-0.39, 0.29) is 12.3 Å². The van der Waals surface area contributed by atoms with Crippen molar-refractivity contribution in [2.75, 3.05) is 13.2 Å². The summed E-state index contributed by atoms with van der Waals surface area (Å²) in [7, 11) is 0. The van der Waals surface area contributed by atoms with Gasteiger partial charge in [0.05, 0.1) is 6.42 Å². The van der Waals surface area contributed by atoms with Gasteiger partial charge in [-0.05, 0) is 25.5 Å². The van der Waals surface area contributed by atoms with E-state index >= 15 is 0 Å². The normalized spacial score (nSPS) is 11.8. The number of nitrogens with zero attached hydrogens (tertiary/aromatic N) is 1. The van der Waals surface area contributed by atoms with Crippen LogP contribution in [0.1, 0.15) is 26.0 Å². The van der Waals surface area contributed by atoms with Crippen molar-refractivity contribution in [3.8, 4) is 0 Å². The summed E-state index contributed by atoms with van der Waals surface area (Å²) in [5, 5.41) is 9.70. The number of hydrogen-bond donors (Lipinski definition) is 2. The smallest absolute Gasteiger partial charge is 0.312 e. The van der Waals surface area contributed by atoms with E-state index < -0.39 is 24.5 Å². The van der Waals surface area contributed by atoms with Gasteiger partial charge in [0.25, 0.3) is 5.91 Å². The summed E-state index contributed by atoms with van der Waals surface area (Å²) in [6, 6.07) is 6.45. The maximum Gasteiger partial charge on any atom is 0.312 e. The van der Waals surface area contributed by atoms with Crippen molar-refractivity contribution >= 4 is 28.8 Å². The summed E-state index contributed by atoms with van der Waals surface area (Å²) in [6.07, 6.45) is 0.706. The minimum absolute atomic E-state index is 0.100. The van der Waals surface area contributed by atoms with E-state index in [0.717, 1.165) is 11.8 Å². The van der Waals surface area contributed by atoms with Crippen LogP contribution < -0.4 is 10.6 Å². The van der Waals surface area contributed by atoms with Crippen LogP contribution in [0.25, 0.3) is 11.0 Å². The van der Waals surface area contributed by atoms with Crippen LogP contribution in [0, 0.1) is 0 Å². The van der Waals surface area contributed by atoms with Crippen LogP contribution in [0.2, 0.25) is 0 Å². The predicted molar refractivity (Wildman–Crippen MR) is 89.6 cm³/mol. The van der Waals surface area contributed by atoms with E-state index in [9.17, 15) is 14.4 Å². The molecule has 0 radical (unpaired) electrons. The Hall–Kier alpha value is -2.90. The number of amides is 2. The molecule has 0 fully saturated rings. The summed E-state index contributed by atoms with van der Waals surface area (Å²) in [5.41, 5.74) is 1.03. The van der Waals surface area contributed by atoms with E-state index in [1.54, 1.807) is 25.1 Å². The van der Waals surface area contributed by atoms with Crippen molar-refractivity contribution in [2.45, 2.75) is 32.7 Å². The van der Waals surface area contributed by atoms with Crippen LogP contribution in [-0.2, 0) is 25.5 Å². The molecule has 25 heavy (non-hydrogen) atoms. The minimum Gasteiger partial charge on any atom is -0.455 e. The summed E-state index contributed by atoms with van der Waals surface area (Å²) < 4.78 is 10.0. The zero-order chi connectivity index (χ0) is 18.2. The number of ether oxygens (including phenoxy) is 1. The van der Waals surface area contributed by atoms with Crippen molar-refractivity contribution in [1.82, 2.24) is 15.8 Å². The molecule has 0 aliphatic heterocycles. The van der Waals surface area contributed by atoms with Crippen LogP contribution in [0.15, 0.2) is 28.8 Å². The molecule has 2 rings (SSSR count). The van der Waals surface area contributed by atoms with Crippen LogP contribution in [0.3, 0.4) is 0 Å². The van der Waals surface area contributed by atoms with Gasteiger partial charge in [0, 0.05) is 11.9 Å². The molecule has 0 unspecified atom stereocenters. The molecule has 0 saturated carbocycles. The number of carbonyl (C=O) groups excluding carboxylic acids is 3. The monoisotopic (exact) mass is 347 g/mol. The molecule has 0 spiro atoms. The summed E-state index contributed by atoms with van der Waals surface area (Å²) in [4.78, 5) is 35.3. The fourth-order valence-corrected chi connectivity index (χ4v) is 2.15. The highest BCUT2D eigenvalue weighted by Gasteiger charge is 2.17.